The molecule has 1 aliphatic carbocycles. The number of hydrogen-bond donors (Lipinski definition) is 1. The van der Waals surface area contributed by atoms with Crippen molar-refractivity contribution in [3.05, 3.63) is 65.2 Å². The van der Waals surface area contributed by atoms with Crippen LogP contribution in [0.2, 0.25) is 0 Å². The zero-order valence-electron chi connectivity index (χ0n) is 14.3. The van der Waals surface area contributed by atoms with Crippen molar-refractivity contribution in [2.45, 2.75) is 24.9 Å². The molecule has 1 aliphatic rings. The minimum Gasteiger partial charge on any atom is -0.497 e. The largest absolute Gasteiger partial charge is 0.497 e. The zero-order chi connectivity index (χ0) is 18.7. The fourth-order valence-electron chi connectivity index (χ4n) is 3.06. The quantitative estimate of drug-likeness (QED) is 0.836. The number of nitrogens with one attached hydrogen (secondary N) is 1. The van der Waals surface area contributed by atoms with Crippen LogP contribution in [0.5, 0.6) is 5.75 Å². The Morgan fingerprint density at radius 1 is 1.19 bits per heavy atom. The summed E-state index contributed by atoms with van der Waals surface area (Å²) in [5, 5.41) is 2.91. The van der Waals surface area contributed by atoms with Gasteiger partial charge in [0.05, 0.1) is 12.7 Å². The van der Waals surface area contributed by atoms with E-state index in [4.69, 9.17) is 4.74 Å². The van der Waals surface area contributed by atoms with Gasteiger partial charge in [-0.2, -0.15) is 13.2 Å². The molecule has 2 unspecified atom stereocenters. The van der Waals surface area contributed by atoms with E-state index in [0.29, 0.717) is 19.4 Å². The first-order valence-electron chi connectivity index (χ1n) is 8.46. The van der Waals surface area contributed by atoms with E-state index in [9.17, 15) is 18.0 Å². The standard InChI is InChI=1S/C20H20F3NO2/c1-26-16-4-2-3-13(11-16)9-10-24-19(25)18-12-17(18)14-5-7-15(8-6-14)20(21,22)23/h2-8,11,17-18H,9-10,12H2,1H3,(H,24,25). The highest BCUT2D eigenvalue weighted by molar-refractivity contribution is 5.82. The number of alkyl halides is 3. The smallest absolute Gasteiger partial charge is 0.416 e. The molecule has 2 aromatic rings. The molecule has 0 aromatic heterocycles. The molecule has 0 radical (unpaired) electrons. The van der Waals surface area contributed by atoms with Crippen LogP contribution in [0.4, 0.5) is 13.2 Å². The molecule has 2 aromatic carbocycles. The lowest BCUT2D eigenvalue weighted by Crippen LogP contribution is -2.27. The maximum atomic E-state index is 12.6. The molecule has 2 atom stereocenters. The van der Waals surface area contributed by atoms with Gasteiger partial charge < -0.3 is 10.1 Å². The van der Waals surface area contributed by atoms with Gasteiger partial charge in [-0.25, -0.2) is 0 Å². The Bertz CT molecular complexity index is 771. The van der Waals surface area contributed by atoms with E-state index >= 15 is 0 Å². The summed E-state index contributed by atoms with van der Waals surface area (Å²) in [5.41, 5.74) is 1.19. The van der Waals surface area contributed by atoms with Gasteiger partial charge in [0.2, 0.25) is 5.91 Å². The highest BCUT2D eigenvalue weighted by Gasteiger charge is 2.44. The normalized spacial score (nSPS) is 19.1. The fourth-order valence-corrected chi connectivity index (χ4v) is 3.06. The van der Waals surface area contributed by atoms with Crippen LogP contribution < -0.4 is 10.1 Å². The van der Waals surface area contributed by atoms with Crippen molar-refractivity contribution in [3.63, 3.8) is 0 Å². The minimum atomic E-state index is -4.33. The van der Waals surface area contributed by atoms with Crippen LogP contribution in [0.3, 0.4) is 0 Å². The molecule has 0 aliphatic heterocycles. The first-order chi connectivity index (χ1) is 12.4. The summed E-state index contributed by atoms with van der Waals surface area (Å²) < 4.78 is 43.0. The van der Waals surface area contributed by atoms with Gasteiger partial charge in [-0.05, 0) is 54.2 Å². The number of halogens is 3. The monoisotopic (exact) mass is 363 g/mol. The Morgan fingerprint density at radius 2 is 1.92 bits per heavy atom. The van der Waals surface area contributed by atoms with Crippen LogP contribution in [0, 0.1) is 5.92 Å². The number of methoxy groups -OCH3 is 1. The van der Waals surface area contributed by atoms with Crippen molar-refractivity contribution >= 4 is 5.91 Å². The lowest BCUT2D eigenvalue weighted by molar-refractivity contribution is -0.137. The van der Waals surface area contributed by atoms with Gasteiger partial charge in [0.25, 0.3) is 0 Å². The average molecular weight is 363 g/mol. The first kappa shape index (κ1) is 18.3. The van der Waals surface area contributed by atoms with Crippen LogP contribution in [-0.4, -0.2) is 19.6 Å². The van der Waals surface area contributed by atoms with E-state index in [1.807, 2.05) is 24.3 Å². The molecule has 3 nitrogen and oxygen atoms in total. The third-order valence-electron chi connectivity index (χ3n) is 4.64. The lowest BCUT2D eigenvalue weighted by Gasteiger charge is -2.08. The van der Waals surface area contributed by atoms with Gasteiger partial charge in [-0.3, -0.25) is 4.79 Å². The molecule has 1 amide bonds. The van der Waals surface area contributed by atoms with Crippen LogP contribution in [0.25, 0.3) is 0 Å². The Balaban J connectivity index is 1.48. The summed E-state index contributed by atoms with van der Waals surface area (Å²) in [6.45, 7) is 0.516. The van der Waals surface area contributed by atoms with Gasteiger partial charge in [0, 0.05) is 12.5 Å². The van der Waals surface area contributed by atoms with Crippen LogP contribution in [-0.2, 0) is 17.4 Å². The number of rotatable bonds is 6. The number of benzene rings is 2. The summed E-state index contributed by atoms with van der Waals surface area (Å²) in [7, 11) is 1.61. The number of carbonyl (C=O) groups is 1. The van der Waals surface area contributed by atoms with E-state index < -0.39 is 11.7 Å². The summed E-state index contributed by atoms with van der Waals surface area (Å²) in [5.74, 6) is 0.585. The number of amides is 1. The molecule has 6 heteroatoms. The van der Waals surface area contributed by atoms with E-state index in [-0.39, 0.29) is 17.7 Å². The van der Waals surface area contributed by atoms with Crippen molar-refractivity contribution in [2.24, 2.45) is 5.92 Å². The molecular weight excluding hydrogens is 343 g/mol. The molecule has 0 saturated heterocycles. The van der Waals surface area contributed by atoms with Crippen molar-refractivity contribution in [1.82, 2.24) is 5.32 Å². The highest BCUT2D eigenvalue weighted by atomic mass is 19.4. The van der Waals surface area contributed by atoms with Gasteiger partial charge in [-0.1, -0.05) is 24.3 Å². The van der Waals surface area contributed by atoms with Crippen LogP contribution in [0.1, 0.15) is 29.0 Å². The zero-order valence-corrected chi connectivity index (χ0v) is 14.3. The predicted molar refractivity (Wildman–Crippen MR) is 92.0 cm³/mol. The van der Waals surface area contributed by atoms with Crippen molar-refractivity contribution < 1.29 is 22.7 Å². The minimum absolute atomic E-state index is 0.00843. The number of ether oxygens (including phenoxy) is 1. The van der Waals surface area contributed by atoms with Crippen LogP contribution in [0.15, 0.2) is 48.5 Å². The van der Waals surface area contributed by atoms with Crippen molar-refractivity contribution in [1.29, 1.82) is 0 Å². The van der Waals surface area contributed by atoms with Gasteiger partial charge >= 0.3 is 6.18 Å². The average Bonchev–Trinajstić information content (AvgIpc) is 3.42. The molecule has 1 fully saturated rings. The van der Waals surface area contributed by atoms with E-state index in [1.165, 1.54) is 12.1 Å². The van der Waals surface area contributed by atoms with Gasteiger partial charge in [-0.15, -0.1) is 0 Å². The number of carbonyl (C=O) groups excluding carboxylic acids is 1. The predicted octanol–water partition coefficient (Wildman–Crippen LogP) is 4.18. The molecule has 0 spiro atoms. The first-order valence-corrected chi connectivity index (χ1v) is 8.46. The fraction of sp³-hybridized carbons (Fsp3) is 0.350. The van der Waals surface area contributed by atoms with Gasteiger partial charge in [0.15, 0.2) is 0 Å². The SMILES string of the molecule is COc1cccc(CCNC(=O)C2CC2c2ccc(C(F)(F)F)cc2)c1. The Hall–Kier alpha value is -2.50. The maximum absolute atomic E-state index is 12.6. The Morgan fingerprint density at radius 3 is 2.58 bits per heavy atom. The van der Waals surface area contributed by atoms with Gasteiger partial charge in [0.1, 0.15) is 5.75 Å². The molecule has 138 valence electrons. The second-order valence-electron chi connectivity index (χ2n) is 6.46. The summed E-state index contributed by atoms with van der Waals surface area (Å²) in [6.07, 6.45) is -2.96. The maximum Gasteiger partial charge on any atom is 0.416 e. The third kappa shape index (κ3) is 4.36. The van der Waals surface area contributed by atoms with E-state index in [1.54, 1.807) is 7.11 Å². The van der Waals surface area contributed by atoms with E-state index in [0.717, 1.165) is 29.0 Å². The highest BCUT2D eigenvalue weighted by Crippen LogP contribution is 2.47. The molecule has 0 bridgehead atoms. The molecule has 1 saturated carbocycles. The Labute approximate surface area is 150 Å². The van der Waals surface area contributed by atoms with Crippen LogP contribution >= 0.6 is 0 Å². The Kier molecular flexibility index (Phi) is 5.20. The second-order valence-corrected chi connectivity index (χ2v) is 6.46. The summed E-state index contributed by atoms with van der Waals surface area (Å²) in [4.78, 5) is 12.2. The summed E-state index contributed by atoms with van der Waals surface area (Å²) in [6, 6.07) is 12.7. The topological polar surface area (TPSA) is 38.3 Å². The molecule has 3 rings (SSSR count). The van der Waals surface area contributed by atoms with Crippen molar-refractivity contribution in [3.8, 4) is 5.75 Å². The lowest BCUT2D eigenvalue weighted by atomic mass is 10.1. The molecular formula is C20H20F3NO2. The molecule has 26 heavy (non-hydrogen) atoms. The second kappa shape index (κ2) is 7.40. The van der Waals surface area contributed by atoms with E-state index in [2.05, 4.69) is 5.32 Å². The summed E-state index contributed by atoms with van der Waals surface area (Å²) >= 11 is 0. The third-order valence-corrected chi connectivity index (χ3v) is 4.64. The number of hydrogen-bond acceptors (Lipinski definition) is 2. The molecule has 1 N–H and O–H groups in total. The molecule has 0 heterocycles. The van der Waals surface area contributed by atoms with Crippen molar-refractivity contribution in [2.75, 3.05) is 13.7 Å².